The molecule has 0 saturated heterocycles. The van der Waals surface area contributed by atoms with Gasteiger partial charge in [0, 0.05) is 11.6 Å². The number of aryl methyl sites for hydroxylation is 2. The smallest absolute Gasteiger partial charge is 0.348 e. The molecule has 5 heteroatoms. The Bertz CT molecular complexity index is 905. The molecular weight excluding hydrogens is 316 g/mol. The van der Waals surface area contributed by atoms with E-state index < -0.39 is 5.97 Å². The lowest BCUT2D eigenvalue weighted by Crippen LogP contribution is -2.11. The molecule has 0 spiro atoms. The molecular formula is C20H18N2O3. The first-order chi connectivity index (χ1) is 12.1. The summed E-state index contributed by atoms with van der Waals surface area (Å²) in [6, 6.07) is 16.4. The van der Waals surface area contributed by atoms with E-state index in [-0.39, 0.29) is 5.88 Å². The molecule has 0 saturated carbocycles. The van der Waals surface area contributed by atoms with E-state index in [1.54, 1.807) is 36.4 Å². The Morgan fingerprint density at radius 2 is 1.76 bits per heavy atom. The molecule has 5 nitrogen and oxygen atoms in total. The van der Waals surface area contributed by atoms with Gasteiger partial charge in [-0.05, 0) is 43.7 Å². The highest BCUT2D eigenvalue weighted by Gasteiger charge is 2.15. The van der Waals surface area contributed by atoms with Crippen LogP contribution in [0.2, 0.25) is 0 Å². The van der Waals surface area contributed by atoms with Gasteiger partial charge in [0.05, 0.1) is 12.8 Å². The number of rotatable bonds is 4. The van der Waals surface area contributed by atoms with Gasteiger partial charge in [-0.1, -0.05) is 29.8 Å². The minimum atomic E-state index is -0.536. The number of hydrogen-bond donors (Lipinski definition) is 0. The van der Waals surface area contributed by atoms with Crippen LogP contribution in [-0.2, 0) is 0 Å². The third kappa shape index (κ3) is 3.66. The van der Waals surface area contributed by atoms with E-state index in [2.05, 4.69) is 22.3 Å². The first kappa shape index (κ1) is 16.6. The Hall–Kier alpha value is -3.21. The van der Waals surface area contributed by atoms with Crippen LogP contribution in [0, 0.1) is 13.8 Å². The predicted molar refractivity (Wildman–Crippen MR) is 94.9 cm³/mol. The molecule has 0 bridgehead atoms. The molecule has 1 heterocycles. The van der Waals surface area contributed by atoms with E-state index in [1.165, 1.54) is 7.11 Å². The molecule has 2 aromatic carbocycles. The summed E-state index contributed by atoms with van der Waals surface area (Å²) in [5, 5.41) is 8.19. The highest BCUT2D eigenvalue weighted by atomic mass is 16.5. The first-order valence-corrected chi connectivity index (χ1v) is 7.85. The van der Waals surface area contributed by atoms with Crippen LogP contribution < -0.4 is 9.47 Å². The monoisotopic (exact) mass is 334 g/mol. The van der Waals surface area contributed by atoms with Crippen LogP contribution in [0.15, 0.2) is 54.6 Å². The maximum Gasteiger partial charge on any atom is 0.348 e. The molecule has 0 atom stereocenters. The molecule has 0 aliphatic heterocycles. The van der Waals surface area contributed by atoms with Crippen molar-refractivity contribution in [2.75, 3.05) is 7.11 Å². The van der Waals surface area contributed by atoms with Crippen LogP contribution in [-0.4, -0.2) is 23.3 Å². The van der Waals surface area contributed by atoms with Crippen molar-refractivity contribution in [2.45, 2.75) is 13.8 Å². The second-order valence-electron chi connectivity index (χ2n) is 5.66. The Kier molecular flexibility index (Phi) is 4.75. The summed E-state index contributed by atoms with van der Waals surface area (Å²) in [6.45, 7) is 4.05. The van der Waals surface area contributed by atoms with Crippen LogP contribution in [0.5, 0.6) is 11.6 Å². The number of ether oxygens (including phenoxy) is 2. The normalized spacial score (nSPS) is 10.4. The van der Waals surface area contributed by atoms with Crippen molar-refractivity contribution >= 4 is 5.97 Å². The molecule has 0 N–H and O–H groups in total. The molecule has 3 aromatic rings. The highest BCUT2D eigenvalue weighted by Crippen LogP contribution is 2.24. The predicted octanol–water partition coefficient (Wildman–Crippen LogP) is 3.99. The summed E-state index contributed by atoms with van der Waals surface area (Å²) in [5.41, 5.74) is 4.34. The standard InChI is InChI=1S/C20H18N2O3/c1-13-8-9-14(2)16(12-13)17-10-11-19(22-21-17)25-20(23)15-6-4-5-7-18(15)24-3/h4-12H,1-3H3. The SMILES string of the molecule is COc1ccccc1C(=O)Oc1ccc(-c2cc(C)ccc2C)nn1. The Morgan fingerprint density at radius 1 is 0.960 bits per heavy atom. The molecule has 0 unspecified atom stereocenters. The zero-order valence-electron chi connectivity index (χ0n) is 14.3. The van der Waals surface area contributed by atoms with E-state index >= 15 is 0 Å². The van der Waals surface area contributed by atoms with Gasteiger partial charge in [0.25, 0.3) is 0 Å². The molecule has 126 valence electrons. The number of hydrogen-bond acceptors (Lipinski definition) is 5. The van der Waals surface area contributed by atoms with Gasteiger partial charge < -0.3 is 9.47 Å². The molecule has 1 aromatic heterocycles. The van der Waals surface area contributed by atoms with Crippen molar-refractivity contribution in [3.05, 3.63) is 71.3 Å². The van der Waals surface area contributed by atoms with Gasteiger partial charge in [-0.3, -0.25) is 0 Å². The van der Waals surface area contributed by atoms with Crippen LogP contribution in [0.25, 0.3) is 11.3 Å². The lowest BCUT2D eigenvalue weighted by molar-refractivity contribution is 0.0722. The molecule has 0 aliphatic carbocycles. The first-order valence-electron chi connectivity index (χ1n) is 7.85. The Balaban J connectivity index is 1.81. The number of carbonyl (C=O) groups is 1. The summed E-state index contributed by atoms with van der Waals surface area (Å²) < 4.78 is 10.5. The number of benzene rings is 2. The summed E-state index contributed by atoms with van der Waals surface area (Å²) >= 11 is 0. The fourth-order valence-electron chi connectivity index (χ4n) is 2.49. The number of methoxy groups -OCH3 is 1. The van der Waals surface area contributed by atoms with Crippen molar-refractivity contribution in [1.29, 1.82) is 0 Å². The minimum Gasteiger partial charge on any atom is -0.496 e. The van der Waals surface area contributed by atoms with Crippen molar-refractivity contribution in [2.24, 2.45) is 0 Å². The van der Waals surface area contributed by atoms with Crippen molar-refractivity contribution in [3.63, 3.8) is 0 Å². The maximum absolute atomic E-state index is 12.3. The van der Waals surface area contributed by atoms with Gasteiger partial charge >= 0.3 is 5.97 Å². The fraction of sp³-hybridized carbons (Fsp3) is 0.150. The third-order valence-corrected chi connectivity index (χ3v) is 3.83. The van der Waals surface area contributed by atoms with E-state index in [1.807, 2.05) is 19.9 Å². The summed E-state index contributed by atoms with van der Waals surface area (Å²) in [4.78, 5) is 12.3. The van der Waals surface area contributed by atoms with Gasteiger partial charge in [0.15, 0.2) is 0 Å². The van der Waals surface area contributed by atoms with E-state index in [0.717, 1.165) is 22.4 Å². The molecule has 0 amide bonds. The van der Waals surface area contributed by atoms with Crippen molar-refractivity contribution < 1.29 is 14.3 Å². The van der Waals surface area contributed by atoms with Crippen molar-refractivity contribution in [3.8, 4) is 22.9 Å². The third-order valence-electron chi connectivity index (χ3n) is 3.83. The summed E-state index contributed by atoms with van der Waals surface area (Å²) in [7, 11) is 1.50. The topological polar surface area (TPSA) is 61.3 Å². The number of esters is 1. The lowest BCUT2D eigenvalue weighted by atomic mass is 10.0. The van der Waals surface area contributed by atoms with E-state index in [9.17, 15) is 4.79 Å². The molecule has 0 aliphatic rings. The Morgan fingerprint density at radius 3 is 2.48 bits per heavy atom. The summed E-state index contributed by atoms with van der Waals surface area (Å²) in [5.74, 6) is 0.0589. The van der Waals surface area contributed by atoms with Gasteiger partial charge in [-0.2, -0.15) is 0 Å². The van der Waals surface area contributed by atoms with Gasteiger partial charge in [0.1, 0.15) is 11.3 Å². The van der Waals surface area contributed by atoms with Crippen molar-refractivity contribution in [1.82, 2.24) is 10.2 Å². The van der Waals surface area contributed by atoms with E-state index in [4.69, 9.17) is 9.47 Å². The average molecular weight is 334 g/mol. The maximum atomic E-state index is 12.3. The van der Waals surface area contributed by atoms with Crippen LogP contribution in [0.1, 0.15) is 21.5 Å². The second kappa shape index (κ2) is 7.13. The van der Waals surface area contributed by atoms with Crippen LogP contribution in [0.3, 0.4) is 0 Å². The van der Waals surface area contributed by atoms with Crippen LogP contribution >= 0.6 is 0 Å². The number of nitrogens with zero attached hydrogens (tertiary/aromatic N) is 2. The quantitative estimate of drug-likeness (QED) is 0.675. The van der Waals surface area contributed by atoms with Crippen LogP contribution in [0.4, 0.5) is 0 Å². The zero-order chi connectivity index (χ0) is 17.8. The second-order valence-corrected chi connectivity index (χ2v) is 5.66. The number of carbonyl (C=O) groups excluding carboxylic acids is 1. The minimum absolute atomic E-state index is 0.143. The summed E-state index contributed by atoms with van der Waals surface area (Å²) in [6.07, 6.45) is 0. The van der Waals surface area contributed by atoms with Gasteiger partial charge in [0.2, 0.25) is 5.88 Å². The largest absolute Gasteiger partial charge is 0.496 e. The van der Waals surface area contributed by atoms with Gasteiger partial charge in [-0.25, -0.2) is 4.79 Å². The molecule has 3 rings (SSSR count). The molecule has 25 heavy (non-hydrogen) atoms. The number of para-hydroxylation sites is 1. The molecule has 0 radical (unpaired) electrons. The highest BCUT2D eigenvalue weighted by molar-refractivity contribution is 5.93. The lowest BCUT2D eigenvalue weighted by Gasteiger charge is -2.08. The fourth-order valence-corrected chi connectivity index (χ4v) is 2.49. The van der Waals surface area contributed by atoms with Gasteiger partial charge in [-0.15, -0.1) is 10.2 Å². The Labute approximate surface area is 146 Å². The zero-order valence-corrected chi connectivity index (χ0v) is 14.3. The average Bonchev–Trinajstić information content (AvgIpc) is 2.64. The molecule has 0 fully saturated rings. The van der Waals surface area contributed by atoms with E-state index in [0.29, 0.717) is 11.3 Å². The number of aromatic nitrogens is 2.